The molecule has 2 bridgehead atoms. The van der Waals surface area contributed by atoms with Crippen LogP contribution in [0, 0.1) is 5.92 Å². The first-order valence-electron chi connectivity index (χ1n) is 11.9. The lowest BCUT2D eigenvalue weighted by Crippen LogP contribution is -2.73. The third-order valence-corrected chi connectivity index (χ3v) is 7.08. The number of aromatic nitrogens is 4. The number of hydrogen-bond acceptors (Lipinski definition) is 8. The number of amides is 1. The fourth-order valence-corrected chi connectivity index (χ4v) is 5.34. The number of H-pyrrole nitrogens is 1. The molecule has 4 fully saturated rings. The van der Waals surface area contributed by atoms with Crippen LogP contribution in [-0.2, 0) is 17.1 Å². The molecule has 38 heavy (non-hydrogen) atoms. The molecule has 16 heteroatoms. The Hall–Kier alpha value is -3.43. The average molecular weight is 546 g/mol. The number of halogens is 6. The van der Waals surface area contributed by atoms with Crippen molar-refractivity contribution in [3.8, 4) is 0 Å². The van der Waals surface area contributed by atoms with E-state index in [-0.39, 0.29) is 29.9 Å². The van der Waals surface area contributed by atoms with Crippen LogP contribution in [0.3, 0.4) is 0 Å². The van der Waals surface area contributed by atoms with Crippen molar-refractivity contribution < 1.29 is 31.1 Å². The maximum atomic E-state index is 13.2. The summed E-state index contributed by atoms with van der Waals surface area (Å²) in [7, 11) is 0. The maximum Gasteiger partial charge on any atom is 0.423 e. The maximum absolute atomic E-state index is 13.2. The van der Waals surface area contributed by atoms with Crippen molar-refractivity contribution in [1.82, 2.24) is 30.0 Å². The van der Waals surface area contributed by atoms with Gasteiger partial charge in [-0.2, -0.15) is 31.4 Å². The number of rotatable bonds is 6. The van der Waals surface area contributed by atoms with Gasteiger partial charge in [-0.25, -0.2) is 15.1 Å². The number of hydrogen-bond donors (Lipinski definition) is 2. The smallest absolute Gasteiger partial charge is 0.379 e. The van der Waals surface area contributed by atoms with Gasteiger partial charge in [0.05, 0.1) is 35.4 Å². The molecule has 6 rings (SSSR count). The number of nitrogens with one attached hydrogen (secondary N) is 2. The molecule has 2 N–H and O–H groups in total. The van der Waals surface area contributed by atoms with Gasteiger partial charge in [0.2, 0.25) is 11.9 Å². The van der Waals surface area contributed by atoms with Crippen LogP contribution in [0.25, 0.3) is 0 Å². The Morgan fingerprint density at radius 1 is 1.05 bits per heavy atom. The van der Waals surface area contributed by atoms with E-state index < -0.39 is 40.8 Å². The number of piperidine rings is 1. The van der Waals surface area contributed by atoms with Gasteiger partial charge in [-0.3, -0.25) is 14.5 Å². The summed E-state index contributed by atoms with van der Waals surface area (Å²) < 4.78 is 78.0. The Labute approximate surface area is 212 Å². The topological polar surface area (TPSA) is 110 Å². The lowest BCUT2D eigenvalue weighted by Gasteiger charge is -2.58. The van der Waals surface area contributed by atoms with E-state index >= 15 is 0 Å². The summed E-state index contributed by atoms with van der Waals surface area (Å²) >= 11 is 0. The van der Waals surface area contributed by atoms with Crippen LogP contribution < -0.4 is 15.8 Å². The average Bonchev–Trinajstić information content (AvgIpc) is 2.79. The second kappa shape index (κ2) is 9.39. The lowest BCUT2D eigenvalue weighted by molar-refractivity contribution is -0.156. The zero-order valence-electron chi connectivity index (χ0n) is 20.1. The van der Waals surface area contributed by atoms with Crippen molar-refractivity contribution in [2.75, 3.05) is 42.9 Å². The largest absolute Gasteiger partial charge is 0.423 e. The van der Waals surface area contributed by atoms with Gasteiger partial charge < -0.3 is 15.1 Å². The Morgan fingerprint density at radius 3 is 2.26 bits per heavy atom. The van der Waals surface area contributed by atoms with Gasteiger partial charge >= 0.3 is 12.4 Å². The van der Waals surface area contributed by atoms with Crippen molar-refractivity contribution >= 4 is 17.5 Å². The first-order chi connectivity index (χ1) is 17.8. The van der Waals surface area contributed by atoms with Crippen LogP contribution in [0.15, 0.2) is 23.4 Å². The van der Waals surface area contributed by atoms with E-state index in [4.69, 9.17) is 0 Å². The van der Waals surface area contributed by atoms with Gasteiger partial charge in [-0.05, 0) is 13.3 Å². The molecule has 206 valence electrons. The van der Waals surface area contributed by atoms with Gasteiger partial charge in [0.15, 0.2) is 0 Å². The van der Waals surface area contributed by atoms with Gasteiger partial charge in [-0.15, -0.1) is 0 Å². The number of likely N-dealkylation sites (tertiary alicyclic amines) is 1. The summed E-state index contributed by atoms with van der Waals surface area (Å²) in [4.78, 5) is 37.9. The molecule has 2 aromatic rings. The molecule has 0 spiro atoms. The van der Waals surface area contributed by atoms with E-state index in [9.17, 15) is 35.9 Å². The third kappa shape index (κ3) is 5.00. The molecule has 0 aliphatic carbocycles. The SMILES string of the molecule is C[C@@H](CN1CC(C(=O)N2C3CC2CN(c2ncc(C(F)(F)F)cn2)C3)C1)Nc1cn[nH]c(=O)c1C(F)(F)F. The van der Waals surface area contributed by atoms with Crippen LogP contribution in [0.2, 0.25) is 0 Å². The first-order valence-corrected chi connectivity index (χ1v) is 11.9. The first kappa shape index (κ1) is 26.2. The Kier molecular flexibility index (Phi) is 6.47. The second-order valence-electron chi connectivity index (χ2n) is 9.91. The number of fused-ring (bicyclic) bond motifs is 2. The molecule has 0 aromatic carbocycles. The number of carbonyl (C=O) groups is 1. The van der Waals surface area contributed by atoms with Gasteiger partial charge in [0.1, 0.15) is 5.56 Å². The predicted molar refractivity (Wildman–Crippen MR) is 121 cm³/mol. The van der Waals surface area contributed by atoms with E-state index in [0.717, 1.165) is 25.0 Å². The summed E-state index contributed by atoms with van der Waals surface area (Å²) in [6, 6.07) is -0.603. The Bertz CT molecular complexity index is 1230. The molecule has 2 unspecified atom stereocenters. The molecule has 4 aliphatic heterocycles. The van der Waals surface area contributed by atoms with Crippen molar-refractivity contribution in [3.05, 3.63) is 40.1 Å². The summed E-state index contributed by atoms with van der Waals surface area (Å²) in [5, 5.41) is 7.92. The zero-order chi connectivity index (χ0) is 27.4. The fraction of sp³-hybridized carbons (Fsp3) is 0.591. The number of nitrogens with zero attached hydrogens (tertiary/aromatic N) is 6. The standard InChI is InChI=1S/C22H24F6N8O2/c1-11(32-16-5-31-33-18(37)17(16)22(26,27)28)6-34-7-12(8-34)19(38)36-14-2-15(36)10-35(9-14)20-29-3-13(4-30-20)21(23,24)25/h3-5,11-12,14-15H,2,6-10H2,1H3,(H2,32,33,37)/t11-,14?,15?/m0/s1. The van der Waals surface area contributed by atoms with Gasteiger partial charge in [0, 0.05) is 51.2 Å². The van der Waals surface area contributed by atoms with Gasteiger partial charge in [-0.1, -0.05) is 0 Å². The molecule has 10 nitrogen and oxygen atoms in total. The fourth-order valence-electron chi connectivity index (χ4n) is 5.34. The van der Waals surface area contributed by atoms with Crippen LogP contribution in [0.1, 0.15) is 24.5 Å². The molecule has 0 radical (unpaired) electrons. The number of alkyl halides is 6. The monoisotopic (exact) mass is 546 g/mol. The summed E-state index contributed by atoms with van der Waals surface area (Å²) in [6.07, 6.45) is -6.13. The highest BCUT2D eigenvalue weighted by Crippen LogP contribution is 2.37. The number of piperazine rings is 1. The summed E-state index contributed by atoms with van der Waals surface area (Å²) in [6.45, 7) is 3.79. The Balaban J connectivity index is 1.11. The molecule has 1 amide bonds. The molecular weight excluding hydrogens is 522 g/mol. The van der Waals surface area contributed by atoms with E-state index in [1.807, 2.05) is 9.80 Å². The van der Waals surface area contributed by atoms with Crippen LogP contribution >= 0.6 is 0 Å². The van der Waals surface area contributed by atoms with Crippen LogP contribution in [-0.4, -0.2) is 86.7 Å². The minimum Gasteiger partial charge on any atom is -0.379 e. The van der Waals surface area contributed by atoms with E-state index in [0.29, 0.717) is 32.7 Å². The van der Waals surface area contributed by atoms with E-state index in [1.54, 1.807) is 16.9 Å². The molecule has 4 aliphatic rings. The molecular formula is C22H24F6N8O2. The highest BCUT2D eigenvalue weighted by atomic mass is 19.4. The van der Waals surface area contributed by atoms with Crippen molar-refractivity contribution in [2.24, 2.45) is 5.92 Å². The molecule has 4 saturated heterocycles. The Morgan fingerprint density at radius 2 is 1.68 bits per heavy atom. The van der Waals surface area contributed by atoms with Crippen LogP contribution in [0.4, 0.5) is 38.0 Å². The summed E-state index contributed by atoms with van der Waals surface area (Å²) in [5.41, 5.74) is -3.99. The lowest BCUT2D eigenvalue weighted by atomic mass is 9.84. The van der Waals surface area contributed by atoms with Crippen molar-refractivity contribution in [3.63, 3.8) is 0 Å². The van der Waals surface area contributed by atoms with E-state index in [1.165, 1.54) is 0 Å². The minimum atomic E-state index is -4.84. The molecule has 2 aromatic heterocycles. The zero-order valence-corrected chi connectivity index (χ0v) is 20.1. The summed E-state index contributed by atoms with van der Waals surface area (Å²) in [5.74, 6) is -0.0528. The predicted octanol–water partition coefficient (Wildman–Crippen LogP) is 1.82. The highest BCUT2D eigenvalue weighted by molar-refractivity contribution is 5.82. The number of carbonyl (C=O) groups excluding carboxylic acids is 1. The van der Waals surface area contributed by atoms with Crippen LogP contribution in [0.5, 0.6) is 0 Å². The second-order valence-corrected chi connectivity index (χ2v) is 9.91. The number of aromatic amines is 1. The minimum absolute atomic E-state index is 0.00532. The van der Waals surface area contributed by atoms with E-state index in [2.05, 4.69) is 20.4 Å². The normalized spacial score (nSPS) is 23.0. The third-order valence-electron chi connectivity index (χ3n) is 7.08. The molecule has 6 heterocycles. The highest BCUT2D eigenvalue weighted by Gasteiger charge is 2.51. The molecule has 0 saturated carbocycles. The van der Waals surface area contributed by atoms with Gasteiger partial charge in [0.25, 0.3) is 5.56 Å². The number of anilines is 2. The molecule has 3 atom stereocenters. The quantitative estimate of drug-likeness (QED) is 0.529. The van der Waals surface area contributed by atoms with Crippen molar-refractivity contribution in [1.29, 1.82) is 0 Å². The van der Waals surface area contributed by atoms with Crippen molar-refractivity contribution in [2.45, 2.75) is 43.8 Å².